The topological polar surface area (TPSA) is 58.6 Å². The van der Waals surface area contributed by atoms with E-state index in [0.29, 0.717) is 12.0 Å². The second-order valence-corrected chi connectivity index (χ2v) is 4.22. The Morgan fingerprint density at radius 2 is 2.40 bits per heavy atom. The number of ether oxygens (including phenoxy) is 1. The van der Waals surface area contributed by atoms with Crippen LogP contribution in [-0.2, 0) is 9.53 Å². The van der Waals surface area contributed by atoms with Gasteiger partial charge in [0, 0.05) is 19.1 Å². The predicted molar refractivity (Wildman–Crippen MR) is 57.9 cm³/mol. The molecule has 1 fully saturated rings. The van der Waals surface area contributed by atoms with Crippen molar-refractivity contribution in [2.75, 3.05) is 19.8 Å². The second-order valence-electron chi connectivity index (χ2n) is 4.22. The van der Waals surface area contributed by atoms with Crippen molar-refractivity contribution in [3.05, 3.63) is 0 Å². The summed E-state index contributed by atoms with van der Waals surface area (Å²) in [5.41, 5.74) is 0. The molecule has 15 heavy (non-hydrogen) atoms. The molecule has 2 atom stereocenters. The zero-order chi connectivity index (χ0) is 11.1. The van der Waals surface area contributed by atoms with Crippen molar-refractivity contribution in [3.8, 4) is 0 Å². The SMILES string of the molecule is CC(NCCCCC(=O)O)C1CCOC1. The van der Waals surface area contributed by atoms with E-state index in [9.17, 15) is 4.79 Å². The van der Waals surface area contributed by atoms with Crippen LogP contribution in [0.2, 0.25) is 0 Å². The van der Waals surface area contributed by atoms with Gasteiger partial charge in [0.25, 0.3) is 0 Å². The fourth-order valence-electron chi connectivity index (χ4n) is 1.84. The molecule has 0 spiro atoms. The Hall–Kier alpha value is -0.610. The lowest BCUT2D eigenvalue weighted by Crippen LogP contribution is -2.34. The maximum absolute atomic E-state index is 10.3. The molecule has 2 unspecified atom stereocenters. The Kier molecular flexibility index (Phi) is 5.65. The molecule has 1 heterocycles. The minimum absolute atomic E-state index is 0.280. The van der Waals surface area contributed by atoms with Crippen LogP contribution in [-0.4, -0.2) is 36.9 Å². The van der Waals surface area contributed by atoms with Gasteiger partial charge in [-0.3, -0.25) is 4.79 Å². The lowest BCUT2D eigenvalue weighted by Gasteiger charge is -2.18. The summed E-state index contributed by atoms with van der Waals surface area (Å²) in [6, 6.07) is 0.484. The highest BCUT2D eigenvalue weighted by atomic mass is 16.5. The predicted octanol–water partition coefficient (Wildman–Crippen LogP) is 1.26. The minimum atomic E-state index is -0.702. The number of carboxylic acids is 1. The van der Waals surface area contributed by atoms with E-state index in [1.165, 1.54) is 0 Å². The van der Waals surface area contributed by atoms with Crippen LogP contribution in [0.25, 0.3) is 0 Å². The normalized spacial score (nSPS) is 22.9. The molecule has 88 valence electrons. The van der Waals surface area contributed by atoms with Gasteiger partial charge in [0.2, 0.25) is 0 Å². The third kappa shape index (κ3) is 5.14. The third-order valence-electron chi connectivity index (χ3n) is 2.96. The summed E-state index contributed by atoms with van der Waals surface area (Å²) in [5, 5.41) is 11.9. The first-order chi connectivity index (χ1) is 7.20. The quantitative estimate of drug-likeness (QED) is 0.628. The molecule has 1 rings (SSSR count). The van der Waals surface area contributed by atoms with E-state index >= 15 is 0 Å². The van der Waals surface area contributed by atoms with Gasteiger partial charge in [-0.1, -0.05) is 0 Å². The summed E-state index contributed by atoms with van der Waals surface area (Å²) in [6.45, 7) is 4.83. The fraction of sp³-hybridized carbons (Fsp3) is 0.909. The average Bonchev–Trinajstić information content (AvgIpc) is 2.69. The molecule has 1 saturated heterocycles. The summed E-state index contributed by atoms with van der Waals surface area (Å²) >= 11 is 0. The standard InChI is InChI=1S/C11H21NO3/c1-9(10-5-7-15-8-10)12-6-3-2-4-11(13)14/h9-10,12H,2-8H2,1H3,(H,13,14). The van der Waals surface area contributed by atoms with Gasteiger partial charge in [-0.2, -0.15) is 0 Å². The number of unbranched alkanes of at least 4 members (excludes halogenated alkanes) is 1. The molecular formula is C11H21NO3. The van der Waals surface area contributed by atoms with Gasteiger partial charge in [-0.25, -0.2) is 0 Å². The highest BCUT2D eigenvalue weighted by Crippen LogP contribution is 2.16. The monoisotopic (exact) mass is 215 g/mol. The molecule has 1 aliphatic heterocycles. The van der Waals surface area contributed by atoms with Gasteiger partial charge in [0.05, 0.1) is 6.61 Å². The Morgan fingerprint density at radius 1 is 1.60 bits per heavy atom. The molecule has 4 nitrogen and oxygen atoms in total. The largest absolute Gasteiger partial charge is 0.481 e. The molecule has 0 aliphatic carbocycles. The van der Waals surface area contributed by atoms with Crippen LogP contribution < -0.4 is 5.32 Å². The van der Waals surface area contributed by atoms with Crippen LogP contribution >= 0.6 is 0 Å². The first-order valence-corrected chi connectivity index (χ1v) is 5.73. The van der Waals surface area contributed by atoms with Crippen LogP contribution in [0.5, 0.6) is 0 Å². The molecule has 0 radical (unpaired) electrons. The summed E-state index contributed by atoms with van der Waals surface area (Å²) in [6.07, 6.45) is 3.12. The Bertz CT molecular complexity index is 190. The molecule has 0 saturated carbocycles. The van der Waals surface area contributed by atoms with Gasteiger partial charge < -0.3 is 15.2 Å². The van der Waals surface area contributed by atoms with E-state index in [2.05, 4.69) is 12.2 Å². The van der Waals surface area contributed by atoms with Gasteiger partial charge >= 0.3 is 5.97 Å². The molecule has 0 aromatic carbocycles. The van der Waals surface area contributed by atoms with E-state index < -0.39 is 5.97 Å². The van der Waals surface area contributed by atoms with Crippen LogP contribution in [0.15, 0.2) is 0 Å². The first-order valence-electron chi connectivity index (χ1n) is 5.73. The number of carbonyl (C=O) groups is 1. The summed E-state index contributed by atoms with van der Waals surface area (Å²) in [4.78, 5) is 10.3. The lowest BCUT2D eigenvalue weighted by molar-refractivity contribution is -0.137. The highest BCUT2D eigenvalue weighted by Gasteiger charge is 2.21. The average molecular weight is 215 g/mol. The van der Waals surface area contributed by atoms with Crippen LogP contribution in [0.4, 0.5) is 0 Å². The Morgan fingerprint density at radius 3 is 3.00 bits per heavy atom. The van der Waals surface area contributed by atoms with Crippen LogP contribution in [0.1, 0.15) is 32.6 Å². The first kappa shape index (κ1) is 12.5. The summed E-state index contributed by atoms with van der Waals surface area (Å²) in [5.74, 6) is -0.0725. The maximum Gasteiger partial charge on any atom is 0.303 e. The van der Waals surface area contributed by atoms with E-state index in [4.69, 9.17) is 9.84 Å². The van der Waals surface area contributed by atoms with Gasteiger partial charge in [-0.05, 0) is 38.6 Å². The van der Waals surface area contributed by atoms with E-state index in [1.54, 1.807) is 0 Å². The third-order valence-corrected chi connectivity index (χ3v) is 2.96. The lowest BCUT2D eigenvalue weighted by atomic mass is 10.0. The molecule has 4 heteroatoms. The summed E-state index contributed by atoms with van der Waals surface area (Å²) < 4.78 is 5.32. The molecule has 2 N–H and O–H groups in total. The Labute approximate surface area is 91.0 Å². The smallest absolute Gasteiger partial charge is 0.303 e. The van der Waals surface area contributed by atoms with Crippen molar-refractivity contribution < 1.29 is 14.6 Å². The molecular weight excluding hydrogens is 194 g/mol. The highest BCUT2D eigenvalue weighted by molar-refractivity contribution is 5.66. The zero-order valence-corrected chi connectivity index (χ0v) is 9.37. The van der Waals surface area contributed by atoms with Crippen molar-refractivity contribution >= 4 is 5.97 Å². The fourth-order valence-corrected chi connectivity index (χ4v) is 1.84. The van der Waals surface area contributed by atoms with Gasteiger partial charge in [0.1, 0.15) is 0 Å². The van der Waals surface area contributed by atoms with E-state index in [1.807, 2.05) is 0 Å². The molecule has 0 aromatic rings. The van der Waals surface area contributed by atoms with Gasteiger partial charge in [0.15, 0.2) is 0 Å². The minimum Gasteiger partial charge on any atom is -0.481 e. The van der Waals surface area contributed by atoms with Crippen molar-refractivity contribution in [2.45, 2.75) is 38.6 Å². The maximum atomic E-state index is 10.3. The molecule has 0 aromatic heterocycles. The Balaban J connectivity index is 1.96. The number of rotatable bonds is 7. The van der Waals surface area contributed by atoms with Crippen molar-refractivity contribution in [3.63, 3.8) is 0 Å². The van der Waals surface area contributed by atoms with Crippen molar-refractivity contribution in [1.29, 1.82) is 0 Å². The molecule has 1 aliphatic rings. The number of nitrogens with one attached hydrogen (secondary N) is 1. The summed E-state index contributed by atoms with van der Waals surface area (Å²) in [7, 11) is 0. The van der Waals surface area contributed by atoms with E-state index in [0.717, 1.165) is 39.0 Å². The van der Waals surface area contributed by atoms with Gasteiger partial charge in [-0.15, -0.1) is 0 Å². The molecule has 0 amide bonds. The zero-order valence-electron chi connectivity index (χ0n) is 9.37. The number of carboxylic acid groups (broad SMARTS) is 1. The number of hydrogen-bond acceptors (Lipinski definition) is 3. The second kappa shape index (κ2) is 6.80. The van der Waals surface area contributed by atoms with E-state index in [-0.39, 0.29) is 6.42 Å². The molecule has 0 bridgehead atoms. The van der Waals surface area contributed by atoms with Crippen LogP contribution in [0.3, 0.4) is 0 Å². The number of aliphatic carboxylic acids is 1. The van der Waals surface area contributed by atoms with Crippen molar-refractivity contribution in [1.82, 2.24) is 5.32 Å². The van der Waals surface area contributed by atoms with Crippen molar-refractivity contribution in [2.24, 2.45) is 5.92 Å². The van der Waals surface area contributed by atoms with Crippen LogP contribution in [0, 0.1) is 5.92 Å². The number of hydrogen-bond donors (Lipinski definition) is 2.